The van der Waals surface area contributed by atoms with E-state index in [1.54, 1.807) is 0 Å². The minimum atomic E-state index is -4.03. The molecule has 24 heavy (non-hydrogen) atoms. The molecule has 1 aromatic carbocycles. The highest BCUT2D eigenvalue weighted by molar-refractivity contribution is 7.92. The number of nitrogens with zero attached hydrogens (tertiary/aromatic N) is 1. The van der Waals surface area contributed by atoms with E-state index in [4.69, 9.17) is 11.6 Å². The molecule has 1 atom stereocenters. The number of hydrogen-bond acceptors (Lipinski definition) is 4. The summed E-state index contributed by atoms with van der Waals surface area (Å²) in [4.78, 5) is -0.470. The van der Waals surface area contributed by atoms with E-state index in [0.29, 0.717) is 12.8 Å². The zero-order valence-corrected chi connectivity index (χ0v) is 15.2. The van der Waals surface area contributed by atoms with Crippen molar-refractivity contribution in [3.63, 3.8) is 0 Å². The lowest BCUT2D eigenvalue weighted by Gasteiger charge is -2.32. The Hall–Kier alpha value is -1.00. The number of rotatable bonds is 6. The predicted molar refractivity (Wildman–Crippen MR) is 90.0 cm³/mol. The van der Waals surface area contributed by atoms with E-state index in [0.717, 1.165) is 9.71 Å². The van der Waals surface area contributed by atoms with Crippen LogP contribution in [0.15, 0.2) is 35.1 Å². The van der Waals surface area contributed by atoms with Gasteiger partial charge in [0.25, 0.3) is 0 Å². The van der Waals surface area contributed by atoms with Gasteiger partial charge in [-0.05, 0) is 30.9 Å². The Kier molecular flexibility index (Phi) is 6.03. The van der Waals surface area contributed by atoms with Crippen LogP contribution in [0, 0.1) is 11.7 Å². The van der Waals surface area contributed by atoms with Crippen molar-refractivity contribution in [2.45, 2.75) is 17.7 Å². The van der Waals surface area contributed by atoms with Crippen molar-refractivity contribution < 1.29 is 21.2 Å². The third kappa shape index (κ3) is 4.34. The first-order valence-electron chi connectivity index (χ1n) is 7.23. The van der Waals surface area contributed by atoms with Gasteiger partial charge in [0, 0.05) is 25.0 Å². The van der Waals surface area contributed by atoms with Crippen molar-refractivity contribution in [2.24, 2.45) is 5.92 Å². The Labute approximate surface area is 146 Å². The third-order valence-electron chi connectivity index (χ3n) is 3.81. The van der Waals surface area contributed by atoms with Crippen molar-refractivity contribution >= 4 is 31.6 Å². The highest BCUT2D eigenvalue weighted by atomic mass is 35.5. The van der Waals surface area contributed by atoms with Gasteiger partial charge in [-0.15, -0.1) is 0 Å². The predicted octanol–water partition coefficient (Wildman–Crippen LogP) is 1.94. The topological polar surface area (TPSA) is 83.6 Å². The van der Waals surface area contributed by atoms with Crippen LogP contribution in [0.25, 0.3) is 0 Å². The maximum atomic E-state index is 14.1. The van der Waals surface area contributed by atoms with Crippen LogP contribution in [0.4, 0.5) is 4.39 Å². The van der Waals surface area contributed by atoms with Crippen molar-refractivity contribution in [1.29, 1.82) is 0 Å². The summed E-state index contributed by atoms with van der Waals surface area (Å²) >= 11 is 5.66. The van der Waals surface area contributed by atoms with Gasteiger partial charge in [-0.25, -0.2) is 25.9 Å². The van der Waals surface area contributed by atoms with Gasteiger partial charge in [0.1, 0.15) is 4.90 Å². The van der Waals surface area contributed by atoms with Crippen LogP contribution in [-0.2, 0) is 20.0 Å². The molecule has 0 radical (unpaired) electrons. The number of benzene rings is 1. The lowest BCUT2D eigenvalue weighted by Crippen LogP contribution is -2.43. The fraction of sp³-hybridized carbons (Fsp3) is 0.429. The van der Waals surface area contributed by atoms with Crippen molar-refractivity contribution in [2.75, 3.05) is 19.6 Å². The fourth-order valence-electron chi connectivity index (χ4n) is 2.53. The Balaban J connectivity index is 2.16. The average molecular weight is 397 g/mol. The summed E-state index contributed by atoms with van der Waals surface area (Å²) in [5, 5.41) is 0.537. The summed E-state index contributed by atoms with van der Waals surface area (Å²) in [6.07, 6.45) is 1.23. The summed E-state index contributed by atoms with van der Waals surface area (Å²) in [5.41, 5.74) is 0. The third-order valence-corrected chi connectivity index (χ3v) is 6.99. The van der Waals surface area contributed by atoms with Crippen LogP contribution in [0.5, 0.6) is 0 Å². The van der Waals surface area contributed by atoms with E-state index in [9.17, 15) is 21.2 Å². The molecule has 0 unspecified atom stereocenters. The average Bonchev–Trinajstić information content (AvgIpc) is 2.56. The van der Waals surface area contributed by atoms with E-state index in [-0.39, 0.29) is 30.6 Å². The van der Waals surface area contributed by atoms with Crippen molar-refractivity contribution in [3.8, 4) is 0 Å². The number of nitrogens with one attached hydrogen (secondary N) is 1. The highest BCUT2D eigenvalue weighted by Gasteiger charge is 2.32. The summed E-state index contributed by atoms with van der Waals surface area (Å²) in [5.74, 6) is -1.18. The van der Waals surface area contributed by atoms with Gasteiger partial charge < -0.3 is 0 Å². The smallest absolute Gasteiger partial charge is 0.211 e. The van der Waals surface area contributed by atoms with Crippen LogP contribution >= 0.6 is 11.6 Å². The largest absolute Gasteiger partial charge is 0.246 e. The van der Waals surface area contributed by atoms with E-state index >= 15 is 0 Å². The summed E-state index contributed by atoms with van der Waals surface area (Å²) in [6.45, 7) is 3.65. The normalized spacial score (nSPS) is 20.0. The molecule has 0 aliphatic carbocycles. The zero-order chi connectivity index (χ0) is 18.0. The van der Waals surface area contributed by atoms with E-state index in [2.05, 4.69) is 11.3 Å². The lowest BCUT2D eigenvalue weighted by atomic mass is 10.0. The Bertz CT molecular complexity index is 827. The van der Waals surface area contributed by atoms with E-state index < -0.39 is 30.8 Å². The first kappa shape index (κ1) is 19.3. The number of piperidine rings is 1. The van der Waals surface area contributed by atoms with Gasteiger partial charge in [-0.2, -0.15) is 4.31 Å². The summed E-state index contributed by atoms with van der Waals surface area (Å²) < 4.78 is 65.6. The highest BCUT2D eigenvalue weighted by Crippen LogP contribution is 2.28. The lowest BCUT2D eigenvalue weighted by molar-refractivity contribution is 0.266. The van der Waals surface area contributed by atoms with Crippen LogP contribution < -0.4 is 4.72 Å². The van der Waals surface area contributed by atoms with Crippen LogP contribution in [0.2, 0.25) is 5.02 Å². The van der Waals surface area contributed by atoms with Crippen molar-refractivity contribution in [1.82, 2.24) is 9.03 Å². The second-order valence-electron chi connectivity index (χ2n) is 5.48. The molecule has 2 rings (SSSR count). The van der Waals surface area contributed by atoms with Crippen LogP contribution in [0.3, 0.4) is 0 Å². The molecular weight excluding hydrogens is 379 g/mol. The number of hydrogen-bond donors (Lipinski definition) is 1. The molecule has 0 amide bonds. The van der Waals surface area contributed by atoms with E-state index in [1.807, 2.05) is 0 Å². The van der Waals surface area contributed by atoms with Gasteiger partial charge in [-0.1, -0.05) is 24.2 Å². The van der Waals surface area contributed by atoms with Gasteiger partial charge in [0.05, 0.1) is 5.02 Å². The maximum Gasteiger partial charge on any atom is 0.246 e. The first-order chi connectivity index (χ1) is 11.2. The second kappa shape index (κ2) is 7.49. The molecule has 1 saturated heterocycles. The molecular formula is C14H18ClFN2O4S2. The van der Waals surface area contributed by atoms with Gasteiger partial charge in [-0.3, -0.25) is 0 Å². The molecule has 1 N–H and O–H groups in total. The second-order valence-corrected chi connectivity index (χ2v) is 9.51. The molecule has 1 aromatic rings. The van der Waals surface area contributed by atoms with E-state index in [1.165, 1.54) is 18.2 Å². The number of sulfonamides is 2. The monoisotopic (exact) mass is 396 g/mol. The molecule has 1 fully saturated rings. The molecule has 1 aliphatic heterocycles. The van der Waals surface area contributed by atoms with Gasteiger partial charge >= 0.3 is 0 Å². The summed E-state index contributed by atoms with van der Waals surface area (Å²) in [7, 11) is -7.60. The summed E-state index contributed by atoms with van der Waals surface area (Å²) in [6, 6.07) is 3.82. The molecule has 134 valence electrons. The maximum absolute atomic E-state index is 14.1. The first-order valence-corrected chi connectivity index (χ1v) is 10.6. The molecule has 6 nitrogen and oxygen atoms in total. The molecule has 10 heteroatoms. The van der Waals surface area contributed by atoms with Gasteiger partial charge in [0.2, 0.25) is 20.0 Å². The fourth-order valence-corrected chi connectivity index (χ4v) is 4.99. The molecule has 0 aromatic heterocycles. The SMILES string of the molecule is C=CS(=O)(=O)NC[C@H]1CCCN(S(=O)(=O)c2cccc(Cl)c2F)C1. The number of halogens is 2. The Morgan fingerprint density at radius 3 is 2.75 bits per heavy atom. The minimum absolute atomic E-state index is 0.0956. The van der Waals surface area contributed by atoms with Gasteiger partial charge in [0.15, 0.2) is 5.82 Å². The minimum Gasteiger partial charge on any atom is -0.211 e. The molecule has 0 spiro atoms. The molecule has 0 saturated carbocycles. The quantitative estimate of drug-likeness (QED) is 0.796. The zero-order valence-electron chi connectivity index (χ0n) is 12.8. The molecule has 1 heterocycles. The molecule has 1 aliphatic rings. The van der Waals surface area contributed by atoms with Crippen molar-refractivity contribution in [3.05, 3.63) is 41.0 Å². The molecule has 0 bridgehead atoms. The standard InChI is InChI=1S/C14H18ClFN2O4S2/c1-2-23(19,20)17-9-11-5-4-8-18(10-11)24(21,22)13-7-3-6-12(15)14(13)16/h2-3,6-7,11,17H,1,4-5,8-10H2/t11-/m1/s1. The Morgan fingerprint density at radius 1 is 1.38 bits per heavy atom. The van der Waals surface area contributed by atoms with Crippen LogP contribution in [-0.4, -0.2) is 40.8 Å². The Morgan fingerprint density at radius 2 is 2.08 bits per heavy atom. The van der Waals surface area contributed by atoms with Crippen LogP contribution in [0.1, 0.15) is 12.8 Å².